The number of ether oxygens (including phenoxy) is 5. The summed E-state index contributed by atoms with van der Waals surface area (Å²) in [5.74, 6) is 0.0651. The van der Waals surface area contributed by atoms with E-state index in [9.17, 15) is 10.1 Å². The molecule has 1 aliphatic rings. The number of aromatic amines is 1. The third-order valence-electron chi connectivity index (χ3n) is 4.61. The zero-order chi connectivity index (χ0) is 21.1. The summed E-state index contributed by atoms with van der Waals surface area (Å²) < 4.78 is 26.6. The van der Waals surface area contributed by atoms with Gasteiger partial charge in [0, 0.05) is 5.56 Å². The first-order chi connectivity index (χ1) is 14.0. The van der Waals surface area contributed by atoms with E-state index in [0.717, 1.165) is 0 Å². The van der Waals surface area contributed by atoms with E-state index in [2.05, 4.69) is 16.3 Å². The van der Waals surface area contributed by atoms with Crippen LogP contribution in [0.1, 0.15) is 22.7 Å². The lowest BCUT2D eigenvalue weighted by Gasteiger charge is -2.26. The lowest BCUT2D eigenvalue weighted by Crippen LogP contribution is -2.22. The highest BCUT2D eigenvalue weighted by atomic mass is 16.5. The maximum absolute atomic E-state index is 11.9. The van der Waals surface area contributed by atoms with E-state index in [-0.39, 0.29) is 23.8 Å². The molecular formula is C19H20N4O6. The first kappa shape index (κ1) is 19.9. The minimum Gasteiger partial charge on any atom is -0.493 e. The summed E-state index contributed by atoms with van der Waals surface area (Å²) in [6.07, 6.45) is -0.0904. The molecule has 0 saturated heterocycles. The first-order valence-electron chi connectivity index (χ1n) is 8.51. The minimum atomic E-state index is -0.711. The summed E-state index contributed by atoms with van der Waals surface area (Å²) in [5.41, 5.74) is 7.63. The molecule has 1 aromatic heterocycles. The second-order valence-corrected chi connectivity index (χ2v) is 6.02. The quantitative estimate of drug-likeness (QED) is 0.687. The molecule has 1 aliphatic heterocycles. The number of benzene rings is 1. The Morgan fingerprint density at radius 3 is 2.55 bits per heavy atom. The van der Waals surface area contributed by atoms with Crippen molar-refractivity contribution in [3.63, 3.8) is 0 Å². The number of methoxy groups -OCH3 is 4. The fourth-order valence-corrected chi connectivity index (χ4v) is 3.32. The molecule has 2 aromatic rings. The van der Waals surface area contributed by atoms with Gasteiger partial charge in [-0.2, -0.15) is 5.26 Å². The van der Waals surface area contributed by atoms with Gasteiger partial charge in [0.1, 0.15) is 11.6 Å². The third-order valence-corrected chi connectivity index (χ3v) is 4.61. The highest BCUT2D eigenvalue weighted by Gasteiger charge is 2.38. The molecule has 0 amide bonds. The highest BCUT2D eigenvalue weighted by Crippen LogP contribution is 2.50. The van der Waals surface area contributed by atoms with Crippen LogP contribution in [0.15, 0.2) is 23.6 Å². The summed E-state index contributed by atoms with van der Waals surface area (Å²) in [6.45, 7) is 0. The third kappa shape index (κ3) is 3.27. The maximum atomic E-state index is 11.9. The van der Waals surface area contributed by atoms with Gasteiger partial charge in [-0.1, -0.05) is 6.07 Å². The first-order valence-corrected chi connectivity index (χ1v) is 8.51. The number of fused-ring (bicyclic) bond motifs is 1. The van der Waals surface area contributed by atoms with Crippen molar-refractivity contribution in [2.24, 2.45) is 5.73 Å². The van der Waals surface area contributed by atoms with Crippen LogP contribution in [-0.4, -0.2) is 44.6 Å². The van der Waals surface area contributed by atoms with Crippen LogP contribution in [0.5, 0.6) is 23.1 Å². The van der Waals surface area contributed by atoms with E-state index in [4.69, 9.17) is 29.4 Å². The minimum absolute atomic E-state index is 0.0852. The van der Waals surface area contributed by atoms with Crippen LogP contribution in [0.4, 0.5) is 0 Å². The zero-order valence-corrected chi connectivity index (χ0v) is 16.4. The van der Waals surface area contributed by atoms with Crippen molar-refractivity contribution in [3.8, 4) is 29.2 Å². The number of aromatic nitrogens is 2. The number of nitrogens with two attached hydrogens (primary N) is 1. The molecule has 3 rings (SSSR count). The summed E-state index contributed by atoms with van der Waals surface area (Å²) in [7, 11) is 5.75. The Labute approximate surface area is 166 Å². The molecule has 0 bridgehead atoms. The summed E-state index contributed by atoms with van der Waals surface area (Å²) >= 11 is 0. The SMILES string of the molecule is COC(=O)Cc1[nH]nc2c1C(c1ccc(OC)c(OC)c1OC)C(C#N)=C(N)O2. The second kappa shape index (κ2) is 8.02. The van der Waals surface area contributed by atoms with Gasteiger partial charge in [-0.05, 0) is 6.07 Å². The number of carbonyl (C=O) groups excluding carboxylic acids is 1. The number of nitrogens with one attached hydrogen (secondary N) is 1. The monoisotopic (exact) mass is 400 g/mol. The van der Waals surface area contributed by atoms with Gasteiger partial charge in [-0.25, -0.2) is 0 Å². The molecule has 10 heteroatoms. The van der Waals surface area contributed by atoms with Gasteiger partial charge in [0.05, 0.1) is 52.0 Å². The van der Waals surface area contributed by atoms with Crippen molar-refractivity contribution < 1.29 is 28.5 Å². The predicted molar refractivity (Wildman–Crippen MR) is 99.7 cm³/mol. The lowest BCUT2D eigenvalue weighted by atomic mass is 9.83. The number of allylic oxidation sites excluding steroid dienone is 1. The summed E-state index contributed by atoms with van der Waals surface area (Å²) in [5, 5.41) is 16.6. The molecule has 0 saturated carbocycles. The Kier molecular flexibility index (Phi) is 5.50. The number of hydrogen-bond acceptors (Lipinski definition) is 9. The molecule has 3 N–H and O–H groups in total. The predicted octanol–water partition coefficient (Wildman–Crippen LogP) is 1.37. The van der Waals surface area contributed by atoms with Crippen molar-refractivity contribution in [2.75, 3.05) is 28.4 Å². The van der Waals surface area contributed by atoms with Gasteiger partial charge >= 0.3 is 5.97 Å². The molecule has 0 radical (unpaired) electrons. The molecule has 1 aromatic carbocycles. The molecule has 2 heterocycles. The number of carbonyl (C=O) groups is 1. The molecule has 1 unspecified atom stereocenters. The van der Waals surface area contributed by atoms with Crippen LogP contribution in [0.2, 0.25) is 0 Å². The van der Waals surface area contributed by atoms with Crippen molar-refractivity contribution in [2.45, 2.75) is 12.3 Å². The van der Waals surface area contributed by atoms with Crippen molar-refractivity contribution in [1.82, 2.24) is 10.2 Å². The number of H-pyrrole nitrogens is 1. The Morgan fingerprint density at radius 2 is 1.97 bits per heavy atom. The van der Waals surface area contributed by atoms with Gasteiger partial charge in [0.15, 0.2) is 11.5 Å². The van der Waals surface area contributed by atoms with E-state index in [1.54, 1.807) is 12.1 Å². The molecule has 0 fully saturated rings. The van der Waals surface area contributed by atoms with Crippen molar-refractivity contribution in [3.05, 3.63) is 40.4 Å². The number of nitriles is 1. The lowest BCUT2D eigenvalue weighted by molar-refractivity contribution is -0.139. The van der Waals surface area contributed by atoms with Crippen LogP contribution in [0.3, 0.4) is 0 Å². The van der Waals surface area contributed by atoms with E-state index in [1.807, 2.05) is 0 Å². The van der Waals surface area contributed by atoms with E-state index in [1.165, 1.54) is 28.4 Å². The van der Waals surface area contributed by atoms with Gasteiger partial charge < -0.3 is 29.4 Å². The number of esters is 1. The fourth-order valence-electron chi connectivity index (χ4n) is 3.32. The van der Waals surface area contributed by atoms with Crippen LogP contribution >= 0.6 is 0 Å². The van der Waals surface area contributed by atoms with E-state index < -0.39 is 11.9 Å². The molecule has 10 nitrogen and oxygen atoms in total. The Balaban J connectivity index is 2.28. The maximum Gasteiger partial charge on any atom is 0.311 e. The van der Waals surface area contributed by atoms with Crippen LogP contribution < -0.4 is 24.7 Å². The fraction of sp³-hybridized carbons (Fsp3) is 0.316. The molecule has 0 aliphatic carbocycles. The Morgan fingerprint density at radius 1 is 1.24 bits per heavy atom. The second-order valence-electron chi connectivity index (χ2n) is 6.02. The number of hydrogen-bond donors (Lipinski definition) is 2. The van der Waals surface area contributed by atoms with Gasteiger partial charge in [0.2, 0.25) is 17.5 Å². The zero-order valence-electron chi connectivity index (χ0n) is 16.4. The molecule has 1 atom stereocenters. The van der Waals surface area contributed by atoms with Crippen LogP contribution in [-0.2, 0) is 16.0 Å². The topological polar surface area (TPSA) is 142 Å². The number of nitrogens with zero attached hydrogens (tertiary/aromatic N) is 2. The van der Waals surface area contributed by atoms with Gasteiger partial charge in [-0.15, -0.1) is 5.10 Å². The largest absolute Gasteiger partial charge is 0.493 e. The van der Waals surface area contributed by atoms with Crippen molar-refractivity contribution >= 4 is 5.97 Å². The standard InChI is InChI=1S/C19H20N4O6/c1-25-12-6-5-9(16(27-3)17(12)28-4)14-10(8-20)18(21)29-19-15(14)11(22-23-19)7-13(24)26-2/h5-6,14H,7,21H2,1-4H3,(H,22,23). The van der Waals surface area contributed by atoms with Crippen LogP contribution in [0, 0.1) is 11.3 Å². The smallest absolute Gasteiger partial charge is 0.311 e. The van der Waals surface area contributed by atoms with Gasteiger partial charge in [-0.3, -0.25) is 9.89 Å². The van der Waals surface area contributed by atoms with E-state index in [0.29, 0.717) is 34.1 Å². The van der Waals surface area contributed by atoms with Crippen LogP contribution in [0.25, 0.3) is 0 Å². The Hall–Kier alpha value is -3.87. The molecule has 0 spiro atoms. The summed E-state index contributed by atoms with van der Waals surface area (Å²) in [4.78, 5) is 11.9. The number of rotatable bonds is 6. The highest BCUT2D eigenvalue weighted by molar-refractivity contribution is 5.74. The Bertz CT molecular complexity index is 1020. The van der Waals surface area contributed by atoms with Gasteiger partial charge in [0.25, 0.3) is 0 Å². The summed E-state index contributed by atoms with van der Waals surface area (Å²) in [6, 6.07) is 5.52. The normalized spacial score (nSPS) is 15.1. The van der Waals surface area contributed by atoms with E-state index >= 15 is 0 Å². The van der Waals surface area contributed by atoms with Crippen molar-refractivity contribution in [1.29, 1.82) is 5.26 Å². The average Bonchev–Trinajstić information content (AvgIpc) is 3.12. The molecule has 29 heavy (non-hydrogen) atoms. The molecular weight excluding hydrogens is 380 g/mol. The molecule has 152 valence electrons. The average molecular weight is 400 g/mol.